The van der Waals surface area contributed by atoms with Crippen LogP contribution in [0.25, 0.3) is 16.6 Å². The molecule has 2 atom stereocenters. The molecule has 0 fully saturated rings. The van der Waals surface area contributed by atoms with E-state index >= 15 is 0 Å². The van der Waals surface area contributed by atoms with E-state index in [-0.39, 0.29) is 17.8 Å². The van der Waals surface area contributed by atoms with E-state index in [0.717, 1.165) is 9.77 Å². The molecule has 9 heteroatoms. The number of fused-ring (bicyclic) bond motifs is 1. The highest BCUT2D eigenvalue weighted by Gasteiger charge is 2.20. The van der Waals surface area contributed by atoms with E-state index in [9.17, 15) is 13.4 Å². The summed E-state index contributed by atoms with van der Waals surface area (Å²) >= 11 is 1.48. The molecule has 0 saturated carbocycles. The van der Waals surface area contributed by atoms with Gasteiger partial charge in [0, 0.05) is 33.0 Å². The molecule has 3 aromatic heterocycles. The molecule has 1 aromatic carbocycles. The molecule has 30 heavy (non-hydrogen) atoms. The Morgan fingerprint density at radius 1 is 1.27 bits per heavy atom. The maximum atomic E-state index is 13.2. The molecule has 2 unspecified atom stereocenters. The van der Waals surface area contributed by atoms with Gasteiger partial charge >= 0.3 is 0 Å². The van der Waals surface area contributed by atoms with Crippen LogP contribution < -0.4 is 5.32 Å². The summed E-state index contributed by atoms with van der Waals surface area (Å²) in [6.07, 6.45) is 7.08. The van der Waals surface area contributed by atoms with Gasteiger partial charge in [-0.15, -0.1) is 11.3 Å². The smallest absolute Gasteiger partial charge is 0.254 e. The lowest BCUT2D eigenvalue weighted by atomic mass is 10.1. The molecule has 4 rings (SSSR count). The number of hydrogen-bond donors (Lipinski definition) is 1. The molecule has 6 nitrogen and oxygen atoms in total. The maximum Gasteiger partial charge on any atom is 0.254 e. The monoisotopic (exact) mass is 442 g/mol. The highest BCUT2D eigenvalue weighted by Crippen LogP contribution is 2.27. The van der Waals surface area contributed by atoms with Crippen molar-refractivity contribution < 1.29 is 13.4 Å². The number of carbonyl (C=O) groups excluding carboxylic acids is 1. The zero-order valence-electron chi connectivity index (χ0n) is 16.3. The average molecular weight is 443 g/mol. The number of nitrogens with one attached hydrogen (secondary N) is 1. The minimum atomic E-state index is -1.06. The van der Waals surface area contributed by atoms with Crippen molar-refractivity contribution >= 4 is 38.9 Å². The molecule has 1 N–H and O–H groups in total. The first-order valence-electron chi connectivity index (χ1n) is 9.28. The lowest BCUT2D eigenvalue weighted by molar-refractivity contribution is 0.0937. The van der Waals surface area contributed by atoms with Gasteiger partial charge in [-0.25, -0.2) is 9.07 Å². The van der Waals surface area contributed by atoms with Gasteiger partial charge < -0.3 is 5.32 Å². The van der Waals surface area contributed by atoms with Crippen molar-refractivity contribution in [3.8, 4) is 5.69 Å². The number of aromatic nitrogens is 3. The predicted octanol–water partition coefficient (Wildman–Crippen LogP) is 4.24. The Kier molecular flexibility index (Phi) is 5.74. The van der Waals surface area contributed by atoms with E-state index in [2.05, 4.69) is 15.4 Å². The van der Waals surface area contributed by atoms with Gasteiger partial charge in [0.25, 0.3) is 5.91 Å². The third kappa shape index (κ3) is 3.90. The molecule has 154 valence electrons. The van der Waals surface area contributed by atoms with Gasteiger partial charge in [0.1, 0.15) is 5.82 Å². The zero-order chi connectivity index (χ0) is 21.3. The molecule has 1 amide bonds. The van der Waals surface area contributed by atoms with Crippen LogP contribution in [0.15, 0.2) is 59.2 Å². The molecule has 0 spiro atoms. The zero-order valence-corrected chi connectivity index (χ0v) is 18.0. The fourth-order valence-electron chi connectivity index (χ4n) is 3.19. The van der Waals surface area contributed by atoms with E-state index in [1.807, 2.05) is 18.4 Å². The van der Waals surface area contributed by atoms with Gasteiger partial charge in [-0.1, -0.05) is 6.92 Å². The van der Waals surface area contributed by atoms with Crippen molar-refractivity contribution in [2.45, 2.75) is 24.3 Å². The van der Waals surface area contributed by atoms with Crippen LogP contribution in [-0.4, -0.2) is 31.1 Å². The largest absolute Gasteiger partial charge is 0.344 e. The maximum absolute atomic E-state index is 13.2. The van der Waals surface area contributed by atoms with Crippen molar-refractivity contribution in [3.63, 3.8) is 0 Å². The topological polar surface area (TPSA) is 76.9 Å². The quantitative estimate of drug-likeness (QED) is 0.485. The lowest BCUT2D eigenvalue weighted by Crippen LogP contribution is -2.27. The first kappa shape index (κ1) is 20.4. The Bertz CT molecular complexity index is 1230. The number of thiophene rings is 1. The van der Waals surface area contributed by atoms with Crippen LogP contribution in [-0.2, 0) is 10.8 Å². The Morgan fingerprint density at radius 2 is 2.03 bits per heavy atom. The number of halogens is 1. The van der Waals surface area contributed by atoms with Crippen LogP contribution in [0.2, 0.25) is 0 Å². The number of carbonyl (C=O) groups is 1. The third-order valence-corrected chi connectivity index (χ3v) is 6.89. The number of pyridine rings is 1. The molecule has 0 aliphatic carbocycles. The van der Waals surface area contributed by atoms with Crippen molar-refractivity contribution in [2.75, 3.05) is 6.26 Å². The fourth-order valence-corrected chi connectivity index (χ4v) is 5.15. The molecular formula is C21H19FN4O2S2. The Hall–Kier alpha value is -2.91. The molecular weight excluding hydrogens is 423 g/mol. The summed E-state index contributed by atoms with van der Waals surface area (Å²) in [4.78, 5) is 19.0. The van der Waals surface area contributed by atoms with Gasteiger partial charge in [0.15, 0.2) is 0 Å². The number of amides is 1. The minimum absolute atomic E-state index is 0.192. The van der Waals surface area contributed by atoms with Gasteiger partial charge in [-0.2, -0.15) is 5.10 Å². The van der Waals surface area contributed by atoms with Crippen LogP contribution in [0.4, 0.5) is 4.39 Å². The lowest BCUT2D eigenvalue weighted by Gasteiger charge is -2.15. The normalized spacial score (nSPS) is 13.3. The summed E-state index contributed by atoms with van der Waals surface area (Å²) < 4.78 is 26.6. The van der Waals surface area contributed by atoms with Gasteiger partial charge in [-0.3, -0.25) is 14.0 Å². The van der Waals surface area contributed by atoms with Crippen LogP contribution in [0, 0.1) is 5.82 Å². The highest BCUT2D eigenvalue weighted by molar-refractivity contribution is 7.84. The number of nitrogens with zero attached hydrogens (tertiary/aromatic N) is 3. The summed E-state index contributed by atoms with van der Waals surface area (Å²) in [6.45, 7) is 1.98. The van der Waals surface area contributed by atoms with Gasteiger partial charge in [0.05, 0.1) is 46.0 Å². The number of benzene rings is 1. The van der Waals surface area contributed by atoms with E-state index in [0.29, 0.717) is 28.6 Å². The van der Waals surface area contributed by atoms with Crippen molar-refractivity contribution in [3.05, 3.63) is 70.6 Å². The van der Waals surface area contributed by atoms with E-state index < -0.39 is 10.8 Å². The third-order valence-electron chi connectivity index (χ3n) is 4.80. The van der Waals surface area contributed by atoms with Gasteiger partial charge in [-0.05, 0) is 36.8 Å². The highest BCUT2D eigenvalue weighted by atomic mass is 32.2. The second-order valence-electron chi connectivity index (χ2n) is 6.73. The second kappa shape index (κ2) is 8.45. The minimum Gasteiger partial charge on any atom is -0.344 e. The van der Waals surface area contributed by atoms with Crippen LogP contribution in [0.1, 0.15) is 34.6 Å². The molecule has 0 radical (unpaired) electrons. The second-order valence-corrected chi connectivity index (χ2v) is 9.05. The summed E-state index contributed by atoms with van der Waals surface area (Å²) in [5.41, 5.74) is 1.74. The molecule has 3 heterocycles. The van der Waals surface area contributed by atoms with Crippen molar-refractivity contribution in [1.82, 2.24) is 20.1 Å². The number of rotatable bonds is 6. The molecule has 0 bridgehead atoms. The standard InChI is InChI=1S/C21H19FN4O2S2/c1-3-18(20-8-15(12-29-20)30(2)28)25-21(27)17-9-23-11-19-16(17)10-24-26(19)14-6-4-13(22)5-7-14/h4-12,18H,3H2,1-2H3,(H,25,27). The van der Waals surface area contributed by atoms with Gasteiger partial charge in [0.2, 0.25) is 0 Å². The summed E-state index contributed by atoms with van der Waals surface area (Å²) in [7, 11) is -1.06. The van der Waals surface area contributed by atoms with Crippen molar-refractivity contribution in [2.24, 2.45) is 0 Å². The number of hydrogen-bond acceptors (Lipinski definition) is 5. The summed E-state index contributed by atoms with van der Waals surface area (Å²) in [5, 5.41) is 9.92. The van der Waals surface area contributed by atoms with E-state index in [1.165, 1.54) is 29.7 Å². The Morgan fingerprint density at radius 3 is 2.70 bits per heavy atom. The molecule has 4 aromatic rings. The predicted molar refractivity (Wildman–Crippen MR) is 116 cm³/mol. The average Bonchev–Trinajstić information content (AvgIpc) is 3.40. The molecule has 0 aliphatic heterocycles. The van der Waals surface area contributed by atoms with E-state index in [4.69, 9.17) is 0 Å². The molecule has 0 aliphatic rings. The Labute approximate surface area is 179 Å². The SMILES string of the molecule is CCC(NC(=O)c1cncc2c1cnn2-c1ccc(F)cc1)c1cc(S(C)=O)cs1. The fraction of sp³-hybridized carbons (Fsp3) is 0.190. The first-order valence-corrected chi connectivity index (χ1v) is 11.7. The van der Waals surface area contributed by atoms with Crippen molar-refractivity contribution in [1.29, 1.82) is 0 Å². The Balaban J connectivity index is 1.64. The van der Waals surface area contributed by atoms with E-state index in [1.54, 1.807) is 35.5 Å². The molecule has 0 saturated heterocycles. The summed E-state index contributed by atoms with van der Waals surface area (Å²) in [5.74, 6) is -0.589. The van der Waals surface area contributed by atoms with Crippen LogP contribution in [0.5, 0.6) is 0 Å². The van der Waals surface area contributed by atoms with Crippen LogP contribution >= 0.6 is 11.3 Å². The van der Waals surface area contributed by atoms with Crippen LogP contribution in [0.3, 0.4) is 0 Å². The summed E-state index contributed by atoms with van der Waals surface area (Å²) in [6, 6.07) is 7.64. The first-order chi connectivity index (χ1) is 14.5.